The van der Waals surface area contributed by atoms with Crippen molar-refractivity contribution >= 4 is 47.5 Å². The Hall–Kier alpha value is -6.04. The number of benzene rings is 2. The Labute approximate surface area is 401 Å². The molecular formula is C50H75N7O11. The highest BCUT2D eigenvalue weighted by Gasteiger charge is 2.42. The number of rotatable bonds is 21. The first-order chi connectivity index (χ1) is 31.6. The van der Waals surface area contributed by atoms with E-state index in [9.17, 15) is 38.4 Å². The third-order valence-corrected chi connectivity index (χ3v) is 10.8. The quantitative estimate of drug-likeness (QED) is 0.0983. The molecule has 0 unspecified atom stereocenters. The number of likely N-dealkylation sites (tertiary alicyclic amines) is 1. The highest BCUT2D eigenvalue weighted by atomic mass is 16.6. The summed E-state index contributed by atoms with van der Waals surface area (Å²) in [6, 6.07) is 10.1. The second-order valence-electron chi connectivity index (χ2n) is 20.4. The van der Waals surface area contributed by atoms with Gasteiger partial charge in [-0.05, 0) is 99.1 Å². The summed E-state index contributed by atoms with van der Waals surface area (Å²) in [6.07, 6.45) is -1.25. The van der Waals surface area contributed by atoms with Crippen LogP contribution in [0, 0.1) is 5.92 Å². The predicted octanol–water partition coefficient (Wildman–Crippen LogP) is 3.76. The number of esters is 1. The summed E-state index contributed by atoms with van der Waals surface area (Å²) in [5.74, 6) is -5.93. The molecule has 18 heteroatoms. The molecule has 0 saturated carbocycles. The Morgan fingerprint density at radius 1 is 0.632 bits per heavy atom. The van der Waals surface area contributed by atoms with Crippen LogP contribution in [0.4, 0.5) is 4.79 Å². The average molecular weight is 950 g/mol. The zero-order chi connectivity index (χ0) is 51.1. The zero-order valence-electron chi connectivity index (χ0n) is 41.9. The van der Waals surface area contributed by atoms with Crippen molar-refractivity contribution in [1.29, 1.82) is 0 Å². The van der Waals surface area contributed by atoms with E-state index in [-0.39, 0.29) is 19.4 Å². The number of carbonyl (C=O) groups excluding carboxylic acids is 8. The number of nitrogens with one attached hydrogen (secondary N) is 5. The lowest BCUT2D eigenvalue weighted by molar-refractivity contribution is -0.163. The molecule has 1 heterocycles. The normalized spacial score (nSPS) is 17.2. The molecule has 1 aliphatic heterocycles. The lowest BCUT2D eigenvalue weighted by Gasteiger charge is -2.34. The Balaban J connectivity index is 1.96. The van der Waals surface area contributed by atoms with Crippen LogP contribution in [-0.2, 0) is 60.6 Å². The maximum Gasteiger partial charge on any atom is 0.408 e. The molecule has 7 N–H and O–H groups in total. The minimum Gasteiger partial charge on any atom is -0.458 e. The van der Waals surface area contributed by atoms with E-state index in [0.29, 0.717) is 24.8 Å². The van der Waals surface area contributed by atoms with Crippen LogP contribution in [0.25, 0.3) is 0 Å². The summed E-state index contributed by atoms with van der Waals surface area (Å²) < 4.78 is 17.2. The molecule has 68 heavy (non-hydrogen) atoms. The van der Waals surface area contributed by atoms with Gasteiger partial charge in [0.1, 0.15) is 47.5 Å². The lowest BCUT2D eigenvalue weighted by atomic mass is 9.96. The van der Waals surface area contributed by atoms with Gasteiger partial charge in [-0.15, -0.1) is 0 Å². The predicted molar refractivity (Wildman–Crippen MR) is 255 cm³/mol. The minimum atomic E-state index is -1.64. The summed E-state index contributed by atoms with van der Waals surface area (Å²) in [5, 5.41) is 13.4. The summed E-state index contributed by atoms with van der Waals surface area (Å²) in [5.41, 5.74) is 4.52. The van der Waals surface area contributed by atoms with Gasteiger partial charge in [-0.2, -0.15) is 0 Å². The van der Waals surface area contributed by atoms with Gasteiger partial charge in [0.05, 0.1) is 18.1 Å². The van der Waals surface area contributed by atoms with Crippen molar-refractivity contribution in [2.24, 2.45) is 11.7 Å². The van der Waals surface area contributed by atoms with E-state index in [0.717, 1.165) is 5.56 Å². The van der Waals surface area contributed by atoms with E-state index in [1.54, 1.807) is 131 Å². The summed E-state index contributed by atoms with van der Waals surface area (Å²) in [4.78, 5) is 112. The van der Waals surface area contributed by atoms with Crippen molar-refractivity contribution in [3.63, 3.8) is 0 Å². The van der Waals surface area contributed by atoms with Gasteiger partial charge in [-0.3, -0.25) is 28.8 Å². The zero-order valence-corrected chi connectivity index (χ0v) is 41.9. The van der Waals surface area contributed by atoms with Gasteiger partial charge in [0.2, 0.25) is 35.4 Å². The molecule has 1 saturated heterocycles. The van der Waals surface area contributed by atoms with Crippen LogP contribution in [0.1, 0.15) is 120 Å². The second-order valence-corrected chi connectivity index (χ2v) is 20.4. The largest absolute Gasteiger partial charge is 0.458 e. The fourth-order valence-electron chi connectivity index (χ4n) is 7.57. The van der Waals surface area contributed by atoms with Crippen molar-refractivity contribution in [3.05, 3.63) is 71.8 Å². The smallest absolute Gasteiger partial charge is 0.408 e. The van der Waals surface area contributed by atoms with Gasteiger partial charge in [0.15, 0.2) is 0 Å². The number of amides is 7. The third kappa shape index (κ3) is 18.9. The van der Waals surface area contributed by atoms with Gasteiger partial charge in [-0.1, -0.05) is 80.9 Å². The second kappa shape index (κ2) is 24.8. The van der Waals surface area contributed by atoms with E-state index < -0.39 is 119 Å². The molecule has 18 nitrogen and oxygen atoms in total. The molecule has 2 aromatic rings. The van der Waals surface area contributed by atoms with Gasteiger partial charge in [-0.25, -0.2) is 9.59 Å². The molecule has 376 valence electrons. The number of nitrogens with zero attached hydrogens (tertiary/aromatic N) is 1. The Kier molecular flexibility index (Phi) is 20.5. The molecule has 1 fully saturated rings. The van der Waals surface area contributed by atoms with Crippen LogP contribution in [0.3, 0.4) is 0 Å². The van der Waals surface area contributed by atoms with Gasteiger partial charge >= 0.3 is 12.1 Å². The van der Waals surface area contributed by atoms with Crippen LogP contribution >= 0.6 is 0 Å². The highest BCUT2D eigenvalue weighted by molar-refractivity contribution is 5.98. The number of ether oxygens (including phenoxy) is 3. The highest BCUT2D eigenvalue weighted by Crippen LogP contribution is 2.23. The summed E-state index contributed by atoms with van der Waals surface area (Å²) in [7, 11) is 0. The number of hydrogen-bond acceptors (Lipinski definition) is 11. The number of carbonyl (C=O) groups is 8. The van der Waals surface area contributed by atoms with E-state index >= 15 is 0 Å². The van der Waals surface area contributed by atoms with Crippen LogP contribution < -0.4 is 32.3 Å². The number of hydrogen-bond donors (Lipinski definition) is 6. The van der Waals surface area contributed by atoms with Crippen LogP contribution in [0.2, 0.25) is 0 Å². The molecule has 2 aromatic carbocycles. The summed E-state index contributed by atoms with van der Waals surface area (Å²) >= 11 is 0. The van der Waals surface area contributed by atoms with Crippen molar-refractivity contribution in [1.82, 2.24) is 31.5 Å². The maximum absolute atomic E-state index is 14.5. The molecular weight excluding hydrogens is 875 g/mol. The molecule has 0 spiro atoms. The first kappa shape index (κ1) is 56.3. The van der Waals surface area contributed by atoms with E-state index in [1.807, 2.05) is 13.0 Å². The van der Waals surface area contributed by atoms with E-state index in [1.165, 1.54) is 4.90 Å². The number of alkyl carbamates (subject to hydrolysis) is 1. The summed E-state index contributed by atoms with van der Waals surface area (Å²) in [6.45, 7) is 20.8. The molecule has 0 aromatic heterocycles. The van der Waals surface area contributed by atoms with Gasteiger partial charge in [0.25, 0.3) is 0 Å². The third-order valence-electron chi connectivity index (χ3n) is 10.8. The molecule has 1 aliphatic rings. The van der Waals surface area contributed by atoms with Crippen molar-refractivity contribution < 1.29 is 52.6 Å². The average Bonchev–Trinajstić information content (AvgIpc) is 3.72. The van der Waals surface area contributed by atoms with Crippen molar-refractivity contribution in [3.8, 4) is 0 Å². The Bertz CT molecular complexity index is 2050. The first-order valence-electron chi connectivity index (χ1n) is 23.4. The molecule has 0 bridgehead atoms. The Morgan fingerprint density at radius 2 is 1.12 bits per heavy atom. The van der Waals surface area contributed by atoms with E-state index in [4.69, 9.17) is 19.9 Å². The fraction of sp³-hybridized carbons (Fsp3) is 0.600. The fourth-order valence-corrected chi connectivity index (χ4v) is 7.57. The van der Waals surface area contributed by atoms with Gasteiger partial charge < -0.3 is 51.4 Å². The molecule has 8 atom stereocenters. The Morgan fingerprint density at radius 3 is 1.62 bits per heavy atom. The molecule has 3 rings (SSSR count). The van der Waals surface area contributed by atoms with E-state index in [2.05, 4.69) is 26.6 Å². The SMILES string of the molecule is CC[C@H](C)[C@H](NC(=O)[C@@H](Cc1ccccc1)NC(=O)OC(C)(C)C)C(=O)N[C@H](C(=O)N[C@@H](CC(N)=O)C(=O)N[C@H](Cc1ccccc1)C(=O)N1CCC[C@H]1C(=O)OC(C)(C)C)[C@@H](C)OC(C)(C)C. The van der Waals surface area contributed by atoms with Gasteiger partial charge in [0, 0.05) is 19.4 Å². The number of nitrogens with two attached hydrogens (primary N) is 1. The van der Waals surface area contributed by atoms with Crippen molar-refractivity contribution in [2.75, 3.05) is 6.54 Å². The van der Waals surface area contributed by atoms with Crippen LogP contribution in [0.15, 0.2) is 60.7 Å². The monoisotopic (exact) mass is 950 g/mol. The van der Waals surface area contributed by atoms with Crippen molar-refractivity contribution in [2.45, 2.75) is 181 Å². The standard InChI is InChI=1S/C50H75N7O11/c1-13-30(2)39(55-42(60)34(27-32-21-16-14-17-22-32)54-47(65)68-50(10,11)12)43(61)56-40(31(3)66-48(4,5)6)44(62)52-35(29-38(51)58)41(59)53-36(28-33-23-18-15-19-24-33)45(63)57-26-20-25-37(57)46(64)67-49(7,8)9/h14-19,21-24,30-31,34-37,39-40H,13,20,25-29H2,1-12H3,(H2,51,58)(H,52,62)(H,53,59)(H,54,65)(H,55,60)(H,56,61)/t30-,31+,34+,35-,36+,37-,39-,40-/m0/s1. The molecule has 0 radical (unpaired) electrons. The first-order valence-corrected chi connectivity index (χ1v) is 23.4. The minimum absolute atomic E-state index is 0.00243. The number of primary amides is 1. The maximum atomic E-state index is 14.5. The lowest BCUT2D eigenvalue weighted by Crippen LogP contribution is -2.63. The van der Waals surface area contributed by atoms with Crippen LogP contribution in [0.5, 0.6) is 0 Å². The topological polar surface area (TPSA) is 254 Å². The molecule has 7 amide bonds. The van der Waals surface area contributed by atoms with Crippen LogP contribution in [-0.4, -0.2) is 118 Å². The molecule has 0 aliphatic carbocycles.